The second kappa shape index (κ2) is 11.3. The summed E-state index contributed by atoms with van der Waals surface area (Å²) in [4.78, 5) is 34.4. The average Bonchev–Trinajstić information content (AvgIpc) is 2.75. The van der Waals surface area contributed by atoms with Crippen molar-refractivity contribution < 1.29 is 33.0 Å². The second-order valence-electron chi connectivity index (χ2n) is 6.38. The maximum Gasteiger partial charge on any atom is 0.336 e. The molecule has 2 aromatic rings. The molecule has 0 bridgehead atoms. The molecule has 2 rings (SSSR count). The van der Waals surface area contributed by atoms with E-state index in [2.05, 4.69) is 13.2 Å². The third-order valence-electron chi connectivity index (χ3n) is 3.86. The highest BCUT2D eigenvalue weighted by Gasteiger charge is 2.08. The Balaban J connectivity index is 1.87. The van der Waals surface area contributed by atoms with E-state index in [-0.39, 0.29) is 12.4 Å². The van der Waals surface area contributed by atoms with E-state index in [0.29, 0.717) is 23.3 Å². The topological polar surface area (TPSA) is 78.9 Å². The van der Waals surface area contributed by atoms with E-state index >= 15 is 0 Å². The second-order valence-corrected chi connectivity index (χ2v) is 6.38. The van der Waals surface area contributed by atoms with Gasteiger partial charge in [-0.05, 0) is 48.4 Å². The van der Waals surface area contributed by atoms with Crippen LogP contribution in [0.25, 0.3) is 6.08 Å². The predicted octanol–water partition coefficient (Wildman–Crippen LogP) is 4.20. The van der Waals surface area contributed by atoms with Gasteiger partial charge in [-0.3, -0.25) is 0 Å². The SMILES string of the molecule is C=CC(=O)Oc1ccc(/C=C/C(=O)Oc2ccc(CCOC(=O)C(=C)C)cc2)cc1F. The third-order valence-corrected chi connectivity index (χ3v) is 3.86. The fourth-order valence-electron chi connectivity index (χ4n) is 2.28. The van der Waals surface area contributed by atoms with E-state index < -0.39 is 23.7 Å². The number of carbonyl (C=O) groups excluding carboxylic acids is 3. The lowest BCUT2D eigenvalue weighted by Crippen LogP contribution is -2.08. The summed E-state index contributed by atoms with van der Waals surface area (Å²) in [7, 11) is 0. The smallest absolute Gasteiger partial charge is 0.336 e. The minimum absolute atomic E-state index is 0.218. The molecule has 0 radical (unpaired) electrons. The fraction of sp³-hybridized carbons (Fsp3) is 0.125. The van der Waals surface area contributed by atoms with Crippen molar-refractivity contribution in [3.63, 3.8) is 0 Å². The number of ether oxygens (including phenoxy) is 3. The van der Waals surface area contributed by atoms with E-state index in [1.807, 2.05) is 0 Å². The number of carbonyl (C=O) groups is 3. The predicted molar refractivity (Wildman–Crippen MR) is 113 cm³/mol. The number of esters is 3. The van der Waals surface area contributed by atoms with Gasteiger partial charge in [-0.25, -0.2) is 18.8 Å². The van der Waals surface area contributed by atoms with E-state index in [1.54, 1.807) is 31.2 Å². The molecule has 160 valence electrons. The molecular formula is C24H21FO6. The molecule has 0 unspecified atom stereocenters. The van der Waals surface area contributed by atoms with Crippen LogP contribution in [0.15, 0.2) is 73.3 Å². The Hall–Kier alpha value is -4.00. The average molecular weight is 424 g/mol. The standard InChI is InChI=1S/C24H21FO6/c1-4-22(26)31-21-11-7-18(15-20(21)25)8-12-23(27)30-19-9-5-17(6-10-19)13-14-29-24(28)16(2)3/h4-12,15H,1-2,13-14H2,3H3/b12-8+. The number of rotatable bonds is 9. The van der Waals surface area contributed by atoms with Crippen molar-refractivity contribution in [1.29, 1.82) is 0 Å². The molecule has 0 aliphatic rings. The van der Waals surface area contributed by atoms with Gasteiger partial charge in [-0.1, -0.05) is 31.4 Å². The van der Waals surface area contributed by atoms with Crippen LogP contribution in [-0.2, 0) is 25.5 Å². The monoisotopic (exact) mass is 424 g/mol. The maximum absolute atomic E-state index is 13.9. The minimum atomic E-state index is -0.773. The van der Waals surface area contributed by atoms with Gasteiger partial charge >= 0.3 is 17.9 Å². The fourth-order valence-corrected chi connectivity index (χ4v) is 2.28. The Bertz CT molecular complexity index is 1020. The van der Waals surface area contributed by atoms with Crippen LogP contribution in [0, 0.1) is 5.82 Å². The molecule has 0 aliphatic carbocycles. The molecule has 0 heterocycles. The van der Waals surface area contributed by atoms with E-state index in [9.17, 15) is 18.8 Å². The normalized spacial score (nSPS) is 10.4. The molecule has 0 aromatic heterocycles. The Morgan fingerprint density at radius 3 is 2.35 bits per heavy atom. The molecule has 0 fully saturated rings. The molecule has 0 N–H and O–H groups in total. The highest BCUT2D eigenvalue weighted by Crippen LogP contribution is 2.20. The summed E-state index contributed by atoms with van der Waals surface area (Å²) < 4.78 is 28.9. The van der Waals surface area contributed by atoms with Crippen molar-refractivity contribution in [2.24, 2.45) is 0 Å². The number of halogens is 1. The van der Waals surface area contributed by atoms with Crippen molar-refractivity contribution in [3.05, 3.63) is 90.3 Å². The van der Waals surface area contributed by atoms with Gasteiger partial charge in [0.25, 0.3) is 0 Å². The summed E-state index contributed by atoms with van der Waals surface area (Å²) in [6.07, 6.45) is 3.95. The molecule has 7 heteroatoms. The molecule has 0 aliphatic heterocycles. The van der Waals surface area contributed by atoms with Crippen LogP contribution in [0.4, 0.5) is 4.39 Å². The molecule has 0 amide bonds. The van der Waals surface area contributed by atoms with Crippen molar-refractivity contribution >= 4 is 24.0 Å². The van der Waals surface area contributed by atoms with Gasteiger partial charge in [0.2, 0.25) is 0 Å². The van der Waals surface area contributed by atoms with Gasteiger partial charge in [-0.15, -0.1) is 0 Å². The van der Waals surface area contributed by atoms with Crippen molar-refractivity contribution in [1.82, 2.24) is 0 Å². The zero-order valence-electron chi connectivity index (χ0n) is 16.9. The Morgan fingerprint density at radius 2 is 1.74 bits per heavy atom. The van der Waals surface area contributed by atoms with Gasteiger partial charge in [0.1, 0.15) is 5.75 Å². The van der Waals surface area contributed by atoms with Gasteiger partial charge in [0, 0.05) is 24.1 Å². The molecule has 2 aromatic carbocycles. The van der Waals surface area contributed by atoms with Crippen molar-refractivity contribution in [3.8, 4) is 11.5 Å². The van der Waals surface area contributed by atoms with Crippen LogP contribution < -0.4 is 9.47 Å². The number of hydrogen-bond donors (Lipinski definition) is 0. The summed E-state index contributed by atoms with van der Waals surface area (Å²) in [5.41, 5.74) is 1.62. The molecule has 6 nitrogen and oxygen atoms in total. The summed E-state index contributed by atoms with van der Waals surface area (Å²) >= 11 is 0. The molecule has 0 saturated heterocycles. The van der Waals surface area contributed by atoms with E-state index in [1.165, 1.54) is 18.2 Å². The molecule has 0 saturated carbocycles. The quantitative estimate of drug-likeness (QED) is 0.341. The van der Waals surface area contributed by atoms with Crippen LogP contribution in [0.5, 0.6) is 11.5 Å². The molecule has 31 heavy (non-hydrogen) atoms. The number of benzene rings is 2. The summed E-state index contributed by atoms with van der Waals surface area (Å²) in [5, 5.41) is 0. The van der Waals surface area contributed by atoms with E-state index in [0.717, 1.165) is 23.8 Å². The lowest BCUT2D eigenvalue weighted by atomic mass is 10.1. The lowest BCUT2D eigenvalue weighted by Gasteiger charge is -2.06. The Morgan fingerprint density at radius 1 is 1.03 bits per heavy atom. The summed E-state index contributed by atoms with van der Waals surface area (Å²) in [5.74, 6) is -2.52. The highest BCUT2D eigenvalue weighted by atomic mass is 19.1. The van der Waals surface area contributed by atoms with Crippen molar-refractivity contribution in [2.45, 2.75) is 13.3 Å². The van der Waals surface area contributed by atoms with Crippen LogP contribution in [0.2, 0.25) is 0 Å². The van der Waals surface area contributed by atoms with Crippen LogP contribution >= 0.6 is 0 Å². The molecular weight excluding hydrogens is 403 g/mol. The molecule has 0 atom stereocenters. The highest BCUT2D eigenvalue weighted by molar-refractivity contribution is 5.89. The molecule has 0 spiro atoms. The Kier molecular flexibility index (Phi) is 8.45. The van der Waals surface area contributed by atoms with Crippen LogP contribution in [0.3, 0.4) is 0 Å². The zero-order chi connectivity index (χ0) is 22.8. The van der Waals surface area contributed by atoms with Crippen molar-refractivity contribution in [2.75, 3.05) is 6.61 Å². The lowest BCUT2D eigenvalue weighted by molar-refractivity contribution is -0.139. The first-order valence-corrected chi connectivity index (χ1v) is 9.23. The zero-order valence-corrected chi connectivity index (χ0v) is 16.9. The van der Waals surface area contributed by atoms with Gasteiger partial charge in [0.05, 0.1) is 6.61 Å². The first-order chi connectivity index (χ1) is 14.8. The maximum atomic E-state index is 13.9. The van der Waals surface area contributed by atoms with Gasteiger partial charge in [0.15, 0.2) is 11.6 Å². The third kappa shape index (κ3) is 7.74. The number of hydrogen-bond acceptors (Lipinski definition) is 6. The minimum Gasteiger partial charge on any atom is -0.462 e. The summed E-state index contributed by atoms with van der Waals surface area (Å²) in [6.45, 7) is 8.54. The first-order valence-electron chi connectivity index (χ1n) is 9.23. The summed E-state index contributed by atoms with van der Waals surface area (Å²) in [6, 6.07) is 10.6. The largest absolute Gasteiger partial charge is 0.462 e. The first kappa shape index (κ1) is 23.3. The van der Waals surface area contributed by atoms with Gasteiger partial charge < -0.3 is 14.2 Å². The van der Waals surface area contributed by atoms with E-state index in [4.69, 9.17) is 14.2 Å². The van der Waals surface area contributed by atoms with Gasteiger partial charge in [-0.2, -0.15) is 0 Å². The van der Waals surface area contributed by atoms with Crippen LogP contribution in [-0.4, -0.2) is 24.5 Å². The Labute approximate surface area is 179 Å². The van der Waals surface area contributed by atoms with Crippen LogP contribution in [0.1, 0.15) is 18.1 Å².